The smallest absolute Gasteiger partial charge is 0.337 e. The molecule has 0 heterocycles. The van der Waals surface area contributed by atoms with E-state index in [1.165, 1.54) is 63.6 Å². The summed E-state index contributed by atoms with van der Waals surface area (Å²) in [5.74, 6) is -1.65. The van der Waals surface area contributed by atoms with Gasteiger partial charge in [-0.05, 0) is 56.3 Å². The Kier molecular flexibility index (Phi) is 8.33. The van der Waals surface area contributed by atoms with Crippen molar-refractivity contribution in [1.82, 2.24) is 4.72 Å². The standard InChI is InChI=1S/C21H24N2O8S/c1-5-31-17-6-8-18(9-7-17)32(27,28)23-13(2)19(24)22-16-11-14(20(25)29-3)10-15(12-16)21(26)30-4/h6-13,23H,5H2,1-4H3,(H,22,24)/t13-/m1/s1. The van der Waals surface area contributed by atoms with Crippen molar-refractivity contribution in [2.75, 3.05) is 26.1 Å². The van der Waals surface area contributed by atoms with Crippen LogP contribution in [0.1, 0.15) is 34.6 Å². The van der Waals surface area contributed by atoms with Crippen molar-refractivity contribution in [1.29, 1.82) is 0 Å². The SMILES string of the molecule is CCOc1ccc(S(=O)(=O)N[C@H](C)C(=O)Nc2cc(C(=O)OC)cc(C(=O)OC)c2)cc1. The second-order valence-corrected chi connectivity index (χ2v) is 8.23. The molecule has 2 rings (SSSR count). The van der Waals surface area contributed by atoms with Crippen molar-refractivity contribution >= 4 is 33.6 Å². The van der Waals surface area contributed by atoms with Crippen LogP contribution in [0.3, 0.4) is 0 Å². The summed E-state index contributed by atoms with van der Waals surface area (Å²) < 4.78 is 42.0. The average Bonchev–Trinajstić information content (AvgIpc) is 2.77. The second-order valence-electron chi connectivity index (χ2n) is 6.52. The highest BCUT2D eigenvalue weighted by Crippen LogP contribution is 2.19. The number of rotatable bonds is 9. The fraction of sp³-hybridized carbons (Fsp3) is 0.286. The van der Waals surface area contributed by atoms with E-state index in [9.17, 15) is 22.8 Å². The molecule has 172 valence electrons. The zero-order valence-corrected chi connectivity index (χ0v) is 18.8. The number of methoxy groups -OCH3 is 2. The first-order valence-electron chi connectivity index (χ1n) is 9.49. The zero-order chi connectivity index (χ0) is 23.9. The Morgan fingerprint density at radius 1 is 0.938 bits per heavy atom. The van der Waals surface area contributed by atoms with Crippen LogP contribution in [0.4, 0.5) is 5.69 Å². The summed E-state index contributed by atoms with van der Waals surface area (Å²) in [6.45, 7) is 3.60. The van der Waals surface area contributed by atoms with Crippen molar-refractivity contribution in [3.8, 4) is 5.75 Å². The summed E-state index contributed by atoms with van der Waals surface area (Å²) in [4.78, 5) is 36.3. The molecule has 0 fully saturated rings. The minimum absolute atomic E-state index is 0.00771. The number of anilines is 1. The van der Waals surface area contributed by atoms with Gasteiger partial charge >= 0.3 is 11.9 Å². The number of amides is 1. The molecule has 0 saturated carbocycles. The Morgan fingerprint density at radius 2 is 1.47 bits per heavy atom. The fourth-order valence-corrected chi connectivity index (χ4v) is 3.86. The number of carbonyl (C=O) groups is 3. The number of carbonyl (C=O) groups excluding carboxylic acids is 3. The number of ether oxygens (including phenoxy) is 3. The van der Waals surface area contributed by atoms with E-state index in [0.717, 1.165) is 0 Å². The minimum atomic E-state index is -3.99. The molecule has 0 unspecified atom stereocenters. The van der Waals surface area contributed by atoms with Gasteiger partial charge in [-0.2, -0.15) is 4.72 Å². The van der Waals surface area contributed by atoms with Crippen molar-refractivity contribution in [3.63, 3.8) is 0 Å². The normalized spacial score (nSPS) is 11.9. The molecule has 0 spiro atoms. The summed E-state index contributed by atoms with van der Waals surface area (Å²) in [6.07, 6.45) is 0. The van der Waals surface area contributed by atoms with Crippen LogP contribution in [0.15, 0.2) is 47.4 Å². The van der Waals surface area contributed by atoms with E-state index >= 15 is 0 Å². The topological polar surface area (TPSA) is 137 Å². The lowest BCUT2D eigenvalue weighted by atomic mass is 10.1. The Labute approximate surface area is 185 Å². The van der Waals surface area contributed by atoms with Crippen LogP contribution in [0.25, 0.3) is 0 Å². The molecule has 11 heteroatoms. The molecular weight excluding hydrogens is 440 g/mol. The highest BCUT2D eigenvalue weighted by Gasteiger charge is 2.23. The Bertz CT molecular complexity index is 1060. The quantitative estimate of drug-likeness (QED) is 0.538. The van der Waals surface area contributed by atoms with Gasteiger partial charge in [-0.1, -0.05) is 0 Å². The van der Waals surface area contributed by atoms with Crippen LogP contribution < -0.4 is 14.8 Å². The maximum Gasteiger partial charge on any atom is 0.337 e. The summed E-state index contributed by atoms with van der Waals surface area (Å²) >= 11 is 0. The van der Waals surface area contributed by atoms with Gasteiger partial charge < -0.3 is 19.5 Å². The van der Waals surface area contributed by atoms with Crippen LogP contribution in [-0.4, -0.2) is 53.1 Å². The largest absolute Gasteiger partial charge is 0.494 e. The van der Waals surface area contributed by atoms with Crippen molar-refractivity contribution in [3.05, 3.63) is 53.6 Å². The molecule has 1 atom stereocenters. The molecule has 0 aliphatic heterocycles. The van der Waals surface area contributed by atoms with E-state index in [1.807, 2.05) is 6.92 Å². The van der Waals surface area contributed by atoms with Gasteiger partial charge in [0.2, 0.25) is 15.9 Å². The molecule has 32 heavy (non-hydrogen) atoms. The lowest BCUT2D eigenvalue weighted by Crippen LogP contribution is -2.41. The summed E-state index contributed by atoms with van der Waals surface area (Å²) in [6, 6.07) is 8.42. The van der Waals surface area contributed by atoms with Gasteiger partial charge in [-0.15, -0.1) is 0 Å². The zero-order valence-electron chi connectivity index (χ0n) is 18.0. The number of hydrogen-bond donors (Lipinski definition) is 2. The monoisotopic (exact) mass is 464 g/mol. The molecule has 1 amide bonds. The van der Waals surface area contributed by atoms with Gasteiger partial charge in [0.15, 0.2) is 0 Å². The molecule has 0 aliphatic carbocycles. The van der Waals surface area contributed by atoms with Gasteiger partial charge in [0.05, 0.1) is 42.9 Å². The van der Waals surface area contributed by atoms with Gasteiger partial charge in [-0.3, -0.25) is 4.79 Å². The molecule has 2 aromatic rings. The third kappa shape index (κ3) is 6.28. The van der Waals surface area contributed by atoms with Gasteiger partial charge in [0, 0.05) is 5.69 Å². The number of nitrogens with one attached hydrogen (secondary N) is 2. The third-order valence-corrected chi connectivity index (χ3v) is 5.77. The summed E-state index contributed by atoms with van der Waals surface area (Å²) in [7, 11) is -1.65. The van der Waals surface area contributed by atoms with Gasteiger partial charge in [0.1, 0.15) is 5.75 Å². The van der Waals surface area contributed by atoms with E-state index in [-0.39, 0.29) is 21.7 Å². The third-order valence-electron chi connectivity index (χ3n) is 4.21. The molecule has 0 radical (unpaired) electrons. The fourth-order valence-electron chi connectivity index (χ4n) is 2.66. The molecule has 0 aromatic heterocycles. The highest BCUT2D eigenvalue weighted by atomic mass is 32.2. The first-order chi connectivity index (χ1) is 15.1. The first kappa shape index (κ1) is 24.8. The van der Waals surface area contributed by atoms with Crippen molar-refractivity contribution in [2.24, 2.45) is 0 Å². The predicted octanol–water partition coefficient (Wildman–Crippen LogP) is 1.96. The van der Waals surface area contributed by atoms with Crippen LogP contribution in [0, 0.1) is 0 Å². The lowest BCUT2D eigenvalue weighted by Gasteiger charge is -2.15. The summed E-state index contributed by atoms with van der Waals surface area (Å²) in [5, 5.41) is 2.48. The highest BCUT2D eigenvalue weighted by molar-refractivity contribution is 7.89. The lowest BCUT2D eigenvalue weighted by molar-refractivity contribution is -0.117. The Balaban J connectivity index is 2.19. The first-order valence-corrected chi connectivity index (χ1v) is 11.0. The molecular formula is C21H24N2O8S. The van der Waals surface area contributed by atoms with Gasteiger partial charge in [0.25, 0.3) is 0 Å². The molecule has 0 saturated heterocycles. The van der Waals surface area contributed by atoms with E-state index in [1.54, 1.807) is 0 Å². The number of hydrogen-bond acceptors (Lipinski definition) is 8. The molecule has 2 N–H and O–H groups in total. The maximum absolute atomic E-state index is 12.6. The Hall–Kier alpha value is -3.44. The molecule has 0 bridgehead atoms. The van der Waals surface area contributed by atoms with Crippen LogP contribution in [0.2, 0.25) is 0 Å². The molecule has 10 nitrogen and oxygen atoms in total. The van der Waals surface area contributed by atoms with Gasteiger partial charge in [-0.25, -0.2) is 18.0 Å². The van der Waals surface area contributed by atoms with Crippen molar-refractivity contribution < 1.29 is 37.0 Å². The van der Waals surface area contributed by atoms with E-state index in [4.69, 9.17) is 4.74 Å². The summed E-state index contributed by atoms with van der Waals surface area (Å²) in [5.41, 5.74) is 0.104. The van der Waals surface area contributed by atoms with E-state index in [2.05, 4.69) is 19.5 Å². The molecule has 2 aromatic carbocycles. The molecule has 0 aliphatic rings. The predicted molar refractivity (Wildman–Crippen MR) is 115 cm³/mol. The van der Waals surface area contributed by atoms with Crippen LogP contribution in [-0.2, 0) is 24.3 Å². The van der Waals surface area contributed by atoms with E-state index in [0.29, 0.717) is 12.4 Å². The second kappa shape index (κ2) is 10.7. The minimum Gasteiger partial charge on any atom is -0.494 e. The maximum atomic E-state index is 12.6. The number of benzene rings is 2. The van der Waals surface area contributed by atoms with Crippen molar-refractivity contribution in [2.45, 2.75) is 24.8 Å². The van der Waals surface area contributed by atoms with E-state index < -0.39 is 33.9 Å². The number of esters is 2. The number of sulfonamides is 1. The average molecular weight is 464 g/mol. The van der Waals surface area contributed by atoms with Crippen LogP contribution >= 0.6 is 0 Å². The Morgan fingerprint density at radius 3 is 1.94 bits per heavy atom. The van der Waals surface area contributed by atoms with Crippen LogP contribution in [0.5, 0.6) is 5.75 Å².